The molecule has 3 aromatic rings. The lowest BCUT2D eigenvalue weighted by molar-refractivity contribution is -0.139. The van der Waals surface area contributed by atoms with Gasteiger partial charge in [-0.3, -0.25) is 4.79 Å². The van der Waals surface area contributed by atoms with Crippen molar-refractivity contribution in [2.75, 3.05) is 13.2 Å². The summed E-state index contributed by atoms with van der Waals surface area (Å²) in [5, 5.41) is 11.4. The van der Waals surface area contributed by atoms with Crippen molar-refractivity contribution in [2.24, 2.45) is 5.10 Å². The molecule has 0 bridgehead atoms. The Morgan fingerprint density at radius 1 is 1.02 bits per heavy atom. The second kappa shape index (κ2) is 14.7. The van der Waals surface area contributed by atoms with Gasteiger partial charge in [0, 0.05) is 16.8 Å². The number of ether oxygens (including phenoxy) is 3. The van der Waals surface area contributed by atoms with Crippen LogP contribution in [-0.2, 0) is 20.9 Å². The predicted molar refractivity (Wildman–Crippen MR) is 166 cm³/mol. The van der Waals surface area contributed by atoms with Gasteiger partial charge in [-0.2, -0.15) is 5.10 Å². The molecule has 3 aromatic carbocycles. The van der Waals surface area contributed by atoms with E-state index < -0.39 is 17.9 Å². The zero-order valence-corrected chi connectivity index (χ0v) is 25.1. The van der Waals surface area contributed by atoms with E-state index in [1.165, 1.54) is 6.21 Å². The molecule has 3 N–H and O–H groups in total. The van der Waals surface area contributed by atoms with Gasteiger partial charge in [-0.15, -0.1) is 0 Å². The summed E-state index contributed by atoms with van der Waals surface area (Å²) in [6.45, 7) is 3.65. The standard InChI is InChI=1S/C30H28Cl2N4O5S/c1-3-39-29(38)27-18(2)34-30(42)35-28(27)21-9-5-7-11-25(21)41-17-26(37)36-33-15-20-8-4-6-10-24(20)40-16-19-12-13-22(31)23(32)14-19/h4-15,28H,3,16-17H2,1-2H3,(H,36,37)(H2,34,35,42)/t28-/m0/s1. The molecule has 4 rings (SSSR count). The number of amides is 1. The van der Waals surface area contributed by atoms with Crippen molar-refractivity contribution in [1.29, 1.82) is 0 Å². The molecule has 42 heavy (non-hydrogen) atoms. The second-order valence-electron chi connectivity index (χ2n) is 8.99. The number of benzene rings is 3. The zero-order valence-electron chi connectivity index (χ0n) is 22.8. The summed E-state index contributed by atoms with van der Waals surface area (Å²) in [6.07, 6.45) is 1.48. The van der Waals surface area contributed by atoms with Crippen LogP contribution in [-0.4, -0.2) is 36.4 Å². The Bertz CT molecular complexity index is 1550. The van der Waals surface area contributed by atoms with Crippen LogP contribution in [0.25, 0.3) is 0 Å². The minimum absolute atomic E-state index is 0.222. The molecule has 0 radical (unpaired) electrons. The molecule has 1 aliphatic rings. The van der Waals surface area contributed by atoms with Crippen LogP contribution in [0.3, 0.4) is 0 Å². The number of nitrogens with zero attached hydrogens (tertiary/aromatic N) is 1. The van der Waals surface area contributed by atoms with E-state index in [-0.39, 0.29) is 19.8 Å². The molecule has 0 saturated heterocycles. The summed E-state index contributed by atoms with van der Waals surface area (Å²) in [4.78, 5) is 25.3. The molecule has 1 aliphatic heterocycles. The normalized spacial score (nSPS) is 14.7. The molecule has 9 nitrogen and oxygen atoms in total. The number of allylic oxidation sites excluding steroid dienone is 1. The summed E-state index contributed by atoms with van der Waals surface area (Å²) in [6, 6.07) is 19.0. The minimum atomic E-state index is -0.629. The molecular formula is C30H28Cl2N4O5S. The van der Waals surface area contributed by atoms with Crippen LogP contribution in [0.2, 0.25) is 10.0 Å². The third kappa shape index (κ3) is 8.00. The number of nitrogens with one attached hydrogen (secondary N) is 3. The quantitative estimate of drug-likeness (QED) is 0.111. The Kier molecular flexibility index (Phi) is 10.8. The Morgan fingerprint density at radius 3 is 2.52 bits per heavy atom. The van der Waals surface area contributed by atoms with Gasteiger partial charge >= 0.3 is 5.97 Å². The Hall–Kier alpha value is -4.12. The van der Waals surface area contributed by atoms with E-state index in [0.717, 1.165) is 5.56 Å². The number of carbonyl (C=O) groups excluding carboxylic acids is 2. The Balaban J connectivity index is 1.39. The van der Waals surface area contributed by atoms with Crippen molar-refractivity contribution in [3.63, 3.8) is 0 Å². The maximum absolute atomic E-state index is 12.7. The number of thiocarbonyl (C=S) groups is 1. The van der Waals surface area contributed by atoms with Gasteiger partial charge in [-0.1, -0.05) is 59.6 Å². The first-order chi connectivity index (χ1) is 20.3. The number of halogens is 2. The molecule has 1 amide bonds. The van der Waals surface area contributed by atoms with Crippen LogP contribution >= 0.6 is 35.4 Å². The van der Waals surface area contributed by atoms with Crippen molar-refractivity contribution in [3.8, 4) is 11.5 Å². The van der Waals surface area contributed by atoms with Gasteiger partial charge in [-0.05, 0) is 62.0 Å². The lowest BCUT2D eigenvalue weighted by Gasteiger charge is -2.30. The monoisotopic (exact) mass is 626 g/mol. The van der Waals surface area contributed by atoms with Crippen LogP contribution in [0, 0.1) is 0 Å². The molecule has 1 heterocycles. The topological polar surface area (TPSA) is 110 Å². The molecule has 0 aromatic heterocycles. The molecular weight excluding hydrogens is 599 g/mol. The fourth-order valence-corrected chi connectivity index (χ4v) is 4.71. The average molecular weight is 628 g/mol. The van der Waals surface area contributed by atoms with Crippen molar-refractivity contribution >= 4 is 58.6 Å². The summed E-state index contributed by atoms with van der Waals surface area (Å²) >= 11 is 17.4. The third-order valence-corrected chi connectivity index (χ3v) is 7.00. The molecule has 0 saturated carbocycles. The maximum Gasteiger partial charge on any atom is 0.338 e. The van der Waals surface area contributed by atoms with Crippen LogP contribution in [0.1, 0.15) is 36.6 Å². The van der Waals surface area contributed by atoms with Gasteiger partial charge in [0.05, 0.1) is 34.5 Å². The number of hydrazone groups is 1. The molecule has 218 valence electrons. The fraction of sp³-hybridized carbons (Fsp3) is 0.200. The Morgan fingerprint density at radius 2 is 1.76 bits per heavy atom. The number of hydrogen-bond donors (Lipinski definition) is 3. The first-order valence-electron chi connectivity index (χ1n) is 12.9. The van der Waals surface area contributed by atoms with Gasteiger partial charge in [-0.25, -0.2) is 10.2 Å². The highest BCUT2D eigenvalue weighted by atomic mass is 35.5. The number of carbonyl (C=O) groups is 2. The average Bonchev–Trinajstić information content (AvgIpc) is 2.97. The molecule has 0 unspecified atom stereocenters. The van der Waals surface area contributed by atoms with Gasteiger partial charge < -0.3 is 24.8 Å². The molecule has 1 atom stereocenters. The summed E-state index contributed by atoms with van der Waals surface area (Å²) in [7, 11) is 0. The van der Waals surface area contributed by atoms with E-state index in [1.54, 1.807) is 62.4 Å². The third-order valence-electron chi connectivity index (χ3n) is 6.04. The number of esters is 1. The molecule has 0 fully saturated rings. The largest absolute Gasteiger partial charge is 0.488 e. The lowest BCUT2D eigenvalue weighted by atomic mass is 9.95. The van der Waals surface area contributed by atoms with E-state index in [4.69, 9.17) is 49.6 Å². The van der Waals surface area contributed by atoms with Crippen LogP contribution in [0.5, 0.6) is 11.5 Å². The minimum Gasteiger partial charge on any atom is -0.488 e. The van der Waals surface area contributed by atoms with Gasteiger partial charge in [0.25, 0.3) is 5.91 Å². The molecule has 0 aliphatic carbocycles. The lowest BCUT2D eigenvalue weighted by Crippen LogP contribution is -2.45. The van der Waals surface area contributed by atoms with Crippen molar-refractivity contribution in [2.45, 2.75) is 26.5 Å². The van der Waals surface area contributed by atoms with E-state index in [2.05, 4.69) is 21.2 Å². The van der Waals surface area contributed by atoms with Crippen molar-refractivity contribution in [3.05, 3.63) is 105 Å². The van der Waals surface area contributed by atoms with E-state index >= 15 is 0 Å². The zero-order chi connectivity index (χ0) is 30.1. The van der Waals surface area contributed by atoms with Gasteiger partial charge in [0.15, 0.2) is 11.7 Å². The number of rotatable bonds is 11. The molecule has 12 heteroatoms. The van der Waals surface area contributed by atoms with Crippen molar-refractivity contribution < 1.29 is 23.8 Å². The van der Waals surface area contributed by atoms with E-state index in [1.807, 2.05) is 18.2 Å². The summed E-state index contributed by atoms with van der Waals surface area (Å²) in [5.74, 6) is 0.00126. The maximum atomic E-state index is 12.7. The van der Waals surface area contributed by atoms with E-state index in [0.29, 0.717) is 49.1 Å². The summed E-state index contributed by atoms with van der Waals surface area (Å²) in [5.41, 5.74) is 5.53. The SMILES string of the molecule is CCOC(=O)C1=C(C)NC(=S)N[C@H]1c1ccccc1OCC(=O)NN=Cc1ccccc1OCc1ccc(Cl)c(Cl)c1. The highest BCUT2D eigenvalue weighted by Crippen LogP contribution is 2.33. The predicted octanol–water partition coefficient (Wildman–Crippen LogP) is 5.46. The summed E-state index contributed by atoms with van der Waals surface area (Å²) < 4.78 is 17.0. The Labute approximate surface area is 258 Å². The molecule has 0 spiro atoms. The van der Waals surface area contributed by atoms with Crippen molar-refractivity contribution in [1.82, 2.24) is 16.1 Å². The highest BCUT2D eigenvalue weighted by molar-refractivity contribution is 7.80. The van der Waals surface area contributed by atoms with E-state index in [9.17, 15) is 9.59 Å². The van der Waals surface area contributed by atoms with Crippen LogP contribution < -0.4 is 25.5 Å². The smallest absolute Gasteiger partial charge is 0.338 e. The number of hydrogen-bond acceptors (Lipinski definition) is 7. The first-order valence-corrected chi connectivity index (χ1v) is 14.1. The van der Waals surface area contributed by atoms with Crippen LogP contribution in [0.15, 0.2) is 83.1 Å². The van der Waals surface area contributed by atoms with Crippen LogP contribution in [0.4, 0.5) is 0 Å². The highest BCUT2D eigenvalue weighted by Gasteiger charge is 2.32. The fourth-order valence-electron chi connectivity index (χ4n) is 4.12. The second-order valence-corrected chi connectivity index (χ2v) is 10.2. The van der Waals surface area contributed by atoms with Gasteiger partial charge in [0.2, 0.25) is 0 Å². The first kappa shape index (κ1) is 30.8. The van der Waals surface area contributed by atoms with Gasteiger partial charge in [0.1, 0.15) is 18.1 Å². The number of para-hydroxylation sites is 2.